The molecule has 0 aromatic rings. The van der Waals surface area contributed by atoms with Crippen molar-refractivity contribution in [3.05, 3.63) is 0 Å². The molecule has 1 amide bonds. The second kappa shape index (κ2) is 34.1. The van der Waals surface area contributed by atoms with Gasteiger partial charge in [-0.25, -0.2) is 0 Å². The number of hydrogen-bond acceptors (Lipinski definition) is 15. The molecule has 19 N–H and O–H groups in total. The van der Waals surface area contributed by atoms with Gasteiger partial charge < -0.3 is 70.4 Å². The van der Waals surface area contributed by atoms with Crippen molar-refractivity contribution in [2.24, 2.45) is 46.2 Å². The number of carboxylic acids is 6. The second-order valence-electron chi connectivity index (χ2n) is 10.1. The van der Waals surface area contributed by atoms with Crippen molar-refractivity contribution in [2.75, 3.05) is 18.1 Å². The van der Waals surface area contributed by atoms with E-state index in [-0.39, 0.29) is 52.9 Å². The van der Waals surface area contributed by atoms with E-state index in [2.05, 4.69) is 36.3 Å². The first-order chi connectivity index (χ1) is 21.3. The average molecular weight is 787 g/mol. The number of aliphatic carboxylic acids is 6. The maximum absolute atomic E-state index is 10.1. The molecule has 1 fully saturated rings. The molecule has 0 spiro atoms. The number of carbonyl (C=O) groups is 7. The van der Waals surface area contributed by atoms with Crippen molar-refractivity contribution in [1.82, 2.24) is 5.32 Å². The molecule has 6 atom stereocenters. The van der Waals surface area contributed by atoms with Crippen molar-refractivity contribution in [2.45, 2.75) is 83.2 Å². The van der Waals surface area contributed by atoms with Gasteiger partial charge in [0.25, 0.3) is 0 Å². The number of rotatable bonds is 12. The Labute approximate surface area is 300 Å². The summed E-state index contributed by atoms with van der Waals surface area (Å²) in [7, 11) is 0. The van der Waals surface area contributed by atoms with Crippen LogP contribution in [-0.4, -0.2) is 127 Å². The smallest absolute Gasteiger partial charge is 0.321 e. The maximum Gasteiger partial charge on any atom is 0.321 e. The normalized spacial score (nSPS) is 15.6. The van der Waals surface area contributed by atoms with E-state index in [0.717, 1.165) is 19.4 Å². The van der Waals surface area contributed by atoms with E-state index >= 15 is 0 Å². The molecule has 0 unspecified atom stereocenters. The van der Waals surface area contributed by atoms with Gasteiger partial charge in [-0.1, -0.05) is 27.7 Å². The van der Waals surface area contributed by atoms with E-state index in [1.165, 1.54) is 0 Å². The largest absolute Gasteiger partial charge is 0.480 e. The van der Waals surface area contributed by atoms with E-state index in [9.17, 15) is 33.6 Å². The van der Waals surface area contributed by atoms with E-state index in [1.54, 1.807) is 27.7 Å². The van der Waals surface area contributed by atoms with Crippen LogP contribution < -0.4 is 39.7 Å². The van der Waals surface area contributed by atoms with Crippen LogP contribution >= 0.6 is 25.3 Å². The van der Waals surface area contributed by atoms with Gasteiger partial charge in [-0.2, -0.15) is 25.3 Å². The first-order valence-electron chi connectivity index (χ1n) is 13.7. The van der Waals surface area contributed by atoms with Gasteiger partial charge in [0.1, 0.15) is 36.3 Å². The molecule has 1 aliphatic rings. The van der Waals surface area contributed by atoms with Gasteiger partial charge in [0, 0.05) is 28.6 Å². The van der Waals surface area contributed by atoms with Crippen molar-refractivity contribution >= 4 is 67.0 Å². The second-order valence-corrected chi connectivity index (χ2v) is 10.8. The molecular weight excluding hydrogens is 734 g/mol. The molecule has 1 radical (unpaired) electrons. The number of thiol groups is 2. The van der Waals surface area contributed by atoms with E-state index < -0.39 is 71.9 Å². The number of hydrogen-bond donors (Lipinski definition) is 15. The summed E-state index contributed by atoms with van der Waals surface area (Å²) in [5.41, 5.74) is 29.8. The quantitative estimate of drug-likeness (QED) is 0.0686. The van der Waals surface area contributed by atoms with Crippen LogP contribution in [0.4, 0.5) is 0 Å². The van der Waals surface area contributed by atoms with Gasteiger partial charge in [0.2, 0.25) is 5.91 Å². The van der Waals surface area contributed by atoms with Gasteiger partial charge in [-0.05, 0) is 31.2 Å². The first kappa shape index (κ1) is 57.5. The average Bonchev–Trinajstić information content (AvgIpc) is 3.52. The number of carbonyl (C=O) groups excluding carboxylic acids is 1. The number of amides is 1. The molecule has 289 valence electrons. The molecule has 0 bridgehead atoms. The van der Waals surface area contributed by atoms with E-state index in [1.807, 2.05) is 0 Å². The molecule has 0 saturated carbocycles. The molecule has 1 saturated heterocycles. The molecule has 20 nitrogen and oxygen atoms in total. The van der Waals surface area contributed by atoms with E-state index in [0.29, 0.717) is 0 Å². The van der Waals surface area contributed by atoms with Crippen LogP contribution in [0.2, 0.25) is 0 Å². The van der Waals surface area contributed by atoms with Gasteiger partial charge in [0.15, 0.2) is 0 Å². The van der Waals surface area contributed by atoms with Gasteiger partial charge in [-0.3, -0.25) is 33.6 Å². The van der Waals surface area contributed by atoms with Crippen molar-refractivity contribution in [1.29, 1.82) is 0 Å². The Hall–Kier alpha value is -2.73. The zero-order valence-electron chi connectivity index (χ0n) is 27.1. The molecule has 0 aromatic heterocycles. The van der Waals surface area contributed by atoms with Crippen LogP contribution in [-0.2, 0) is 50.6 Å². The zero-order valence-corrected chi connectivity index (χ0v) is 29.8. The van der Waals surface area contributed by atoms with Crippen LogP contribution in [0.5, 0.6) is 0 Å². The number of carboxylic acid groups (broad SMARTS) is 6. The molecule has 1 heterocycles. The van der Waals surface area contributed by atoms with Crippen LogP contribution in [0.15, 0.2) is 0 Å². The Morgan fingerprint density at radius 3 is 1.02 bits per heavy atom. The van der Waals surface area contributed by atoms with Crippen LogP contribution in [0.25, 0.3) is 0 Å². The summed E-state index contributed by atoms with van der Waals surface area (Å²) in [5.74, 6) is -6.09. The minimum Gasteiger partial charge on any atom is -0.480 e. The summed E-state index contributed by atoms with van der Waals surface area (Å²) in [6, 6.07) is -4.49. The Morgan fingerprint density at radius 1 is 0.646 bits per heavy atom. The Balaban J connectivity index is -0.000000110. The number of nitrogens with one attached hydrogen (secondary N) is 1. The minimum absolute atomic E-state index is 0. The molecule has 1 rings (SSSR count). The predicted molar refractivity (Wildman–Crippen MR) is 178 cm³/mol. The Morgan fingerprint density at radius 2 is 0.958 bits per heavy atom. The van der Waals surface area contributed by atoms with E-state index in [4.69, 9.17) is 59.3 Å². The molecule has 0 aromatic carbocycles. The molecule has 1 aliphatic heterocycles. The standard InChI is InChI=1S/C5H9NO2.2C5H11NO2.C4H8N2O3.2C3H7NO2S.Cu/c7-5(8)4-2-1-3-6-4;2*1-3(2)4(6)5(7)8;5-2(4(8)9)1-3(6)7;2*4-2(1-7)3(5)6;/h4,6H,1-3H2,(H,7,8);2*3-4H,6H2,1-2H3,(H,7,8);2H,1,5H2,(H2,6,7)(H,8,9);2*2,7H,1,4H2,(H,5,6);/t3*4-;3*2-;/m000000./s1. The SMILES string of the molecule is CC(C)[C@H](N)C(=O)O.CC(C)[C@H](N)C(=O)O.NC(=O)C[C@H](N)C(=O)O.N[C@@H](CS)C(=O)O.N[C@@H](CS)C(=O)O.O=C(O)[C@@H]1CCCN1.[Cu]. The van der Waals surface area contributed by atoms with Crippen LogP contribution in [0.3, 0.4) is 0 Å². The fourth-order valence-electron chi connectivity index (χ4n) is 1.93. The Bertz CT molecular complexity index is 887. The number of nitrogens with two attached hydrogens (primary N) is 6. The van der Waals surface area contributed by atoms with Crippen molar-refractivity contribution in [3.8, 4) is 0 Å². The minimum atomic E-state index is -1.21. The van der Waals surface area contributed by atoms with Gasteiger partial charge in [-0.15, -0.1) is 0 Å². The summed E-state index contributed by atoms with van der Waals surface area (Å²) in [6.07, 6.45) is 1.47. The summed E-state index contributed by atoms with van der Waals surface area (Å²) in [6.45, 7) is 7.96. The maximum atomic E-state index is 10.1. The monoisotopic (exact) mass is 786 g/mol. The zero-order chi connectivity index (χ0) is 38.6. The third kappa shape index (κ3) is 39.4. The van der Waals surface area contributed by atoms with Gasteiger partial charge in [0.05, 0.1) is 6.42 Å². The van der Waals surface area contributed by atoms with Crippen molar-refractivity contribution < 1.29 is 81.3 Å². The van der Waals surface area contributed by atoms with Crippen molar-refractivity contribution in [3.63, 3.8) is 0 Å². The molecule has 0 aliphatic carbocycles. The van der Waals surface area contributed by atoms with Crippen LogP contribution in [0, 0.1) is 11.8 Å². The van der Waals surface area contributed by atoms with Gasteiger partial charge >= 0.3 is 35.8 Å². The van der Waals surface area contributed by atoms with Crippen LogP contribution in [0.1, 0.15) is 47.0 Å². The molecule has 23 heteroatoms. The fourth-order valence-corrected chi connectivity index (χ4v) is 2.24. The molecule has 48 heavy (non-hydrogen) atoms. The predicted octanol–water partition coefficient (Wildman–Crippen LogP) is -3.14. The summed E-state index contributed by atoms with van der Waals surface area (Å²) < 4.78 is 0. The summed E-state index contributed by atoms with van der Waals surface area (Å²) >= 11 is 7.30. The third-order valence-electron chi connectivity index (χ3n) is 5.13. The topological polar surface area (TPSA) is 409 Å². The molecular formula is C25H53CuN7O13S2. The first-order valence-corrected chi connectivity index (χ1v) is 15.0. The summed E-state index contributed by atoms with van der Waals surface area (Å²) in [5, 5.41) is 51.8. The summed E-state index contributed by atoms with van der Waals surface area (Å²) in [4.78, 5) is 69.6. The third-order valence-corrected chi connectivity index (χ3v) is 5.92. The number of primary amides is 1. The fraction of sp³-hybridized carbons (Fsp3) is 0.720. The Kier molecular flexibility index (Phi) is 40.9.